The Hall–Kier alpha value is -3.03. The Balaban J connectivity index is 1.57. The van der Waals surface area contributed by atoms with Crippen molar-refractivity contribution in [2.45, 2.75) is 32.0 Å². The second kappa shape index (κ2) is 7.92. The minimum Gasteiger partial charge on any atom is -0.374 e. The molecule has 0 saturated carbocycles. The average Bonchev–Trinajstić information content (AvgIpc) is 3.08. The topological polar surface area (TPSA) is 61.4 Å². The zero-order valence-electron chi connectivity index (χ0n) is 15.2. The van der Waals surface area contributed by atoms with E-state index in [0.29, 0.717) is 18.7 Å². The second-order valence-corrected chi connectivity index (χ2v) is 6.63. The van der Waals surface area contributed by atoms with Crippen LogP contribution in [0, 0.1) is 0 Å². The Morgan fingerprint density at radius 2 is 1.64 bits per heavy atom. The van der Waals surface area contributed by atoms with Crippen molar-refractivity contribution in [2.24, 2.45) is 0 Å². The van der Waals surface area contributed by atoms with E-state index in [4.69, 9.17) is 0 Å². The highest BCUT2D eigenvalue weighted by Gasteiger charge is 2.30. The smallest absolute Gasteiger partial charge is 0.374 e. The number of alkyl halides is 3. The number of hydrogen-bond acceptors (Lipinski definition) is 3. The van der Waals surface area contributed by atoms with Crippen LogP contribution < -0.4 is 15.5 Å². The molecule has 8 heteroatoms. The van der Waals surface area contributed by atoms with Gasteiger partial charge in [-0.3, -0.25) is 9.59 Å². The summed E-state index contributed by atoms with van der Waals surface area (Å²) in [6.45, 7) is 2.36. The molecule has 5 nitrogen and oxygen atoms in total. The normalized spacial score (nSPS) is 15.4. The van der Waals surface area contributed by atoms with Gasteiger partial charge < -0.3 is 15.5 Å². The molecule has 0 radical (unpaired) electrons. The molecule has 148 valence electrons. The first-order chi connectivity index (χ1) is 13.2. The first kappa shape index (κ1) is 19.7. The molecule has 3 rings (SSSR count). The molecule has 2 amide bonds. The van der Waals surface area contributed by atoms with Gasteiger partial charge in [-0.25, -0.2) is 0 Å². The summed E-state index contributed by atoms with van der Waals surface area (Å²) in [5.74, 6) is -0.274. The van der Waals surface area contributed by atoms with Crippen LogP contribution in [0.15, 0.2) is 48.5 Å². The minimum absolute atomic E-state index is 0.102. The van der Waals surface area contributed by atoms with Crippen LogP contribution in [0.1, 0.15) is 25.3 Å². The molecule has 1 heterocycles. The highest BCUT2D eigenvalue weighted by atomic mass is 19.4. The van der Waals surface area contributed by atoms with Gasteiger partial charge in [-0.05, 0) is 61.9 Å². The zero-order chi connectivity index (χ0) is 20.3. The Morgan fingerprint density at radius 3 is 2.18 bits per heavy atom. The minimum atomic E-state index is -4.41. The fourth-order valence-corrected chi connectivity index (χ4v) is 2.97. The monoisotopic (exact) mass is 391 g/mol. The summed E-state index contributed by atoms with van der Waals surface area (Å²) in [4.78, 5) is 25.8. The van der Waals surface area contributed by atoms with Crippen LogP contribution in [0.4, 0.5) is 30.2 Å². The molecule has 1 atom stereocenters. The Morgan fingerprint density at radius 1 is 1.04 bits per heavy atom. The summed E-state index contributed by atoms with van der Waals surface area (Å²) in [5.41, 5.74) is 1.03. The van der Waals surface area contributed by atoms with E-state index in [2.05, 4.69) is 10.6 Å². The van der Waals surface area contributed by atoms with Gasteiger partial charge in [-0.15, -0.1) is 0 Å². The number of halogens is 3. The van der Waals surface area contributed by atoms with Gasteiger partial charge in [0.15, 0.2) is 0 Å². The Bertz CT molecular complexity index is 848. The van der Waals surface area contributed by atoms with Crippen LogP contribution in [0.2, 0.25) is 0 Å². The third kappa shape index (κ3) is 4.62. The molecule has 28 heavy (non-hydrogen) atoms. The molecule has 0 aliphatic carbocycles. The first-order valence-corrected chi connectivity index (χ1v) is 8.89. The van der Waals surface area contributed by atoms with Crippen molar-refractivity contribution in [3.63, 3.8) is 0 Å². The SMILES string of the molecule is C[C@H](Nc1ccc(N2CCCC2=O)cc1)C(=O)Nc1ccc(C(F)(F)F)cc1. The largest absolute Gasteiger partial charge is 0.416 e. The van der Waals surface area contributed by atoms with E-state index < -0.39 is 17.8 Å². The number of amides is 2. The molecule has 2 aromatic carbocycles. The maximum atomic E-state index is 12.6. The molecule has 0 aromatic heterocycles. The summed E-state index contributed by atoms with van der Waals surface area (Å²) in [6.07, 6.45) is -3.01. The Labute approximate surface area is 160 Å². The van der Waals surface area contributed by atoms with Gasteiger partial charge in [0, 0.05) is 30.0 Å². The lowest BCUT2D eigenvalue weighted by Crippen LogP contribution is -2.31. The van der Waals surface area contributed by atoms with Crippen LogP contribution in [0.5, 0.6) is 0 Å². The molecular formula is C20H20F3N3O2. The second-order valence-electron chi connectivity index (χ2n) is 6.63. The molecule has 1 saturated heterocycles. The van der Waals surface area contributed by atoms with Crippen LogP contribution in [-0.4, -0.2) is 24.4 Å². The van der Waals surface area contributed by atoms with Crippen LogP contribution in [-0.2, 0) is 15.8 Å². The van der Waals surface area contributed by atoms with Gasteiger partial charge in [0.25, 0.3) is 0 Å². The predicted octanol–water partition coefficient (Wildman–Crippen LogP) is 4.27. The molecule has 1 aliphatic heterocycles. The number of carbonyl (C=O) groups excluding carboxylic acids is 2. The molecule has 0 unspecified atom stereocenters. The van der Waals surface area contributed by atoms with Gasteiger partial charge in [0.1, 0.15) is 6.04 Å². The molecule has 2 N–H and O–H groups in total. The molecule has 0 spiro atoms. The van der Waals surface area contributed by atoms with Gasteiger partial charge in [-0.2, -0.15) is 13.2 Å². The van der Waals surface area contributed by atoms with E-state index in [9.17, 15) is 22.8 Å². The van der Waals surface area contributed by atoms with E-state index in [1.54, 1.807) is 24.0 Å². The van der Waals surface area contributed by atoms with Gasteiger partial charge in [0.05, 0.1) is 5.56 Å². The van der Waals surface area contributed by atoms with Crippen molar-refractivity contribution in [1.82, 2.24) is 0 Å². The van der Waals surface area contributed by atoms with Crippen LogP contribution >= 0.6 is 0 Å². The van der Waals surface area contributed by atoms with Crippen molar-refractivity contribution < 1.29 is 22.8 Å². The summed E-state index contributed by atoms with van der Waals surface area (Å²) in [6, 6.07) is 10.9. The van der Waals surface area contributed by atoms with E-state index >= 15 is 0 Å². The standard InChI is InChI=1S/C20H20F3N3O2/c1-13(19(28)25-16-6-4-14(5-7-16)20(21,22)23)24-15-8-10-17(11-9-15)26-12-2-3-18(26)27/h4-11,13,24H,2-3,12H2,1H3,(H,25,28)/t13-/m0/s1. The summed E-state index contributed by atoms with van der Waals surface area (Å²) in [7, 11) is 0. The van der Waals surface area contributed by atoms with Gasteiger partial charge in [-0.1, -0.05) is 0 Å². The third-order valence-electron chi connectivity index (χ3n) is 4.51. The average molecular weight is 391 g/mol. The fraction of sp³-hybridized carbons (Fsp3) is 0.300. The van der Waals surface area contributed by atoms with E-state index in [1.165, 1.54) is 12.1 Å². The lowest BCUT2D eigenvalue weighted by atomic mass is 10.2. The van der Waals surface area contributed by atoms with Crippen molar-refractivity contribution in [2.75, 3.05) is 22.1 Å². The maximum Gasteiger partial charge on any atom is 0.416 e. The van der Waals surface area contributed by atoms with Crippen molar-refractivity contribution >= 4 is 28.9 Å². The van der Waals surface area contributed by atoms with E-state index in [0.717, 1.165) is 24.2 Å². The molecule has 0 bridgehead atoms. The molecule has 1 fully saturated rings. The Kier molecular flexibility index (Phi) is 5.58. The number of nitrogens with one attached hydrogen (secondary N) is 2. The number of carbonyl (C=O) groups is 2. The molecule has 1 aliphatic rings. The summed E-state index contributed by atoms with van der Waals surface area (Å²) < 4.78 is 37.7. The predicted molar refractivity (Wildman–Crippen MR) is 101 cm³/mol. The number of hydrogen-bond donors (Lipinski definition) is 2. The van der Waals surface area contributed by atoms with Crippen molar-refractivity contribution in [3.05, 3.63) is 54.1 Å². The zero-order valence-corrected chi connectivity index (χ0v) is 15.2. The number of rotatable bonds is 5. The van der Waals surface area contributed by atoms with Gasteiger partial charge in [0.2, 0.25) is 11.8 Å². The molecule has 2 aromatic rings. The third-order valence-corrected chi connectivity index (χ3v) is 4.51. The quantitative estimate of drug-likeness (QED) is 0.800. The van der Waals surface area contributed by atoms with E-state index in [1.807, 2.05) is 12.1 Å². The summed E-state index contributed by atoms with van der Waals surface area (Å²) >= 11 is 0. The molecular weight excluding hydrogens is 371 g/mol. The number of nitrogens with zero attached hydrogens (tertiary/aromatic N) is 1. The summed E-state index contributed by atoms with van der Waals surface area (Å²) in [5, 5.41) is 5.61. The number of anilines is 3. The van der Waals surface area contributed by atoms with Crippen molar-refractivity contribution in [3.8, 4) is 0 Å². The number of benzene rings is 2. The van der Waals surface area contributed by atoms with Gasteiger partial charge >= 0.3 is 6.18 Å². The highest BCUT2D eigenvalue weighted by molar-refractivity contribution is 5.97. The highest BCUT2D eigenvalue weighted by Crippen LogP contribution is 2.30. The van der Waals surface area contributed by atoms with Crippen LogP contribution in [0.3, 0.4) is 0 Å². The maximum absolute atomic E-state index is 12.6. The first-order valence-electron chi connectivity index (χ1n) is 8.89. The fourth-order valence-electron chi connectivity index (χ4n) is 2.97. The van der Waals surface area contributed by atoms with Crippen LogP contribution in [0.25, 0.3) is 0 Å². The lowest BCUT2D eigenvalue weighted by molar-refractivity contribution is -0.137. The van der Waals surface area contributed by atoms with Crippen molar-refractivity contribution in [1.29, 1.82) is 0 Å². The van der Waals surface area contributed by atoms with E-state index in [-0.39, 0.29) is 17.5 Å². The lowest BCUT2D eigenvalue weighted by Gasteiger charge is -2.18.